The van der Waals surface area contributed by atoms with Crippen molar-refractivity contribution in [1.82, 2.24) is 20.4 Å². The summed E-state index contributed by atoms with van der Waals surface area (Å²) in [7, 11) is 0. The van der Waals surface area contributed by atoms with Gasteiger partial charge in [0, 0.05) is 24.7 Å². The number of carbonyl (C=O) groups excluding carboxylic acids is 1. The number of nitrogens with one attached hydrogen (secondary N) is 1. The molecule has 22 heavy (non-hydrogen) atoms. The molecule has 2 heterocycles. The molecular formula is C16H15N5O. The molecule has 0 radical (unpaired) electrons. The number of hydrogen-bond acceptors (Lipinski definition) is 5. The lowest BCUT2D eigenvalue weighted by Gasteiger charge is -2.12. The van der Waals surface area contributed by atoms with Gasteiger partial charge in [0.2, 0.25) is 0 Å². The van der Waals surface area contributed by atoms with Gasteiger partial charge in [0.1, 0.15) is 0 Å². The molecule has 1 amide bonds. The van der Waals surface area contributed by atoms with E-state index >= 15 is 0 Å². The molecule has 1 saturated heterocycles. The Labute approximate surface area is 128 Å². The first kappa shape index (κ1) is 14.0. The summed E-state index contributed by atoms with van der Waals surface area (Å²) >= 11 is 0. The molecule has 0 spiro atoms. The van der Waals surface area contributed by atoms with E-state index in [4.69, 9.17) is 5.26 Å². The first-order valence-corrected chi connectivity index (χ1v) is 7.10. The average molecular weight is 293 g/mol. The van der Waals surface area contributed by atoms with Crippen molar-refractivity contribution in [2.45, 2.75) is 12.5 Å². The summed E-state index contributed by atoms with van der Waals surface area (Å²) in [6.07, 6.45) is 4.50. The number of rotatable bonds is 3. The summed E-state index contributed by atoms with van der Waals surface area (Å²) in [6.45, 7) is 1.23. The highest BCUT2D eigenvalue weighted by Crippen LogP contribution is 2.18. The van der Waals surface area contributed by atoms with E-state index in [-0.39, 0.29) is 17.6 Å². The van der Waals surface area contributed by atoms with Crippen LogP contribution in [-0.4, -0.2) is 40.1 Å². The molecule has 1 atom stereocenters. The van der Waals surface area contributed by atoms with Crippen LogP contribution in [0.3, 0.4) is 0 Å². The summed E-state index contributed by atoms with van der Waals surface area (Å²) in [5.41, 5.74) is 2.13. The lowest BCUT2D eigenvalue weighted by atomic mass is 10.1. The van der Waals surface area contributed by atoms with Gasteiger partial charge in [-0.3, -0.25) is 4.79 Å². The summed E-state index contributed by atoms with van der Waals surface area (Å²) in [5, 5.41) is 19.6. The Morgan fingerprint density at radius 1 is 1.32 bits per heavy atom. The first-order valence-electron chi connectivity index (χ1n) is 7.10. The first-order chi connectivity index (χ1) is 10.8. The average Bonchev–Trinajstić information content (AvgIpc) is 3.03. The molecule has 1 aromatic heterocycles. The third-order valence-electron chi connectivity index (χ3n) is 3.66. The van der Waals surface area contributed by atoms with Crippen LogP contribution in [0.1, 0.15) is 16.9 Å². The predicted molar refractivity (Wildman–Crippen MR) is 80.5 cm³/mol. The number of aromatic nitrogens is 2. The Kier molecular flexibility index (Phi) is 3.97. The maximum Gasteiger partial charge on any atom is 0.272 e. The maximum atomic E-state index is 12.3. The smallest absolute Gasteiger partial charge is 0.272 e. The number of hydrogen-bond donors (Lipinski definition) is 1. The van der Waals surface area contributed by atoms with Crippen LogP contribution < -0.4 is 5.32 Å². The van der Waals surface area contributed by atoms with Crippen LogP contribution in [0.5, 0.6) is 0 Å². The van der Waals surface area contributed by atoms with Crippen molar-refractivity contribution in [3.8, 4) is 17.3 Å². The van der Waals surface area contributed by atoms with Crippen molar-refractivity contribution in [1.29, 1.82) is 5.26 Å². The quantitative estimate of drug-likeness (QED) is 0.866. The molecule has 2 aromatic rings. The number of amides is 1. The van der Waals surface area contributed by atoms with E-state index in [2.05, 4.69) is 21.7 Å². The van der Waals surface area contributed by atoms with E-state index in [1.165, 1.54) is 0 Å². The van der Waals surface area contributed by atoms with Crippen LogP contribution in [0.4, 0.5) is 0 Å². The van der Waals surface area contributed by atoms with E-state index in [9.17, 15) is 4.79 Å². The topological polar surface area (TPSA) is 81.9 Å². The molecular weight excluding hydrogens is 278 g/mol. The molecule has 1 aliphatic heterocycles. The van der Waals surface area contributed by atoms with E-state index in [1.54, 1.807) is 17.2 Å². The van der Waals surface area contributed by atoms with Crippen molar-refractivity contribution in [2.24, 2.45) is 0 Å². The maximum absolute atomic E-state index is 12.3. The second-order valence-corrected chi connectivity index (χ2v) is 5.20. The fraction of sp³-hybridized carbons (Fsp3) is 0.250. The predicted octanol–water partition coefficient (Wildman–Crippen LogP) is 1.43. The zero-order valence-corrected chi connectivity index (χ0v) is 11.9. The highest BCUT2D eigenvalue weighted by molar-refractivity contribution is 5.93. The molecule has 6 nitrogen and oxygen atoms in total. The zero-order chi connectivity index (χ0) is 15.4. The molecule has 0 saturated carbocycles. The van der Waals surface area contributed by atoms with Gasteiger partial charge in [0.15, 0.2) is 11.9 Å². The highest BCUT2D eigenvalue weighted by Gasteiger charge is 2.24. The molecule has 1 aliphatic rings. The lowest BCUT2D eigenvalue weighted by Crippen LogP contribution is -2.36. The second-order valence-electron chi connectivity index (χ2n) is 5.20. The van der Waals surface area contributed by atoms with Crippen molar-refractivity contribution >= 4 is 5.91 Å². The minimum atomic E-state index is -0.255. The Bertz CT molecular complexity index is 710. The van der Waals surface area contributed by atoms with E-state index in [0.29, 0.717) is 13.1 Å². The van der Waals surface area contributed by atoms with Crippen molar-refractivity contribution in [3.63, 3.8) is 0 Å². The van der Waals surface area contributed by atoms with E-state index in [0.717, 1.165) is 17.5 Å². The molecule has 3 rings (SSSR count). The van der Waals surface area contributed by atoms with Crippen molar-refractivity contribution in [3.05, 3.63) is 48.3 Å². The fourth-order valence-corrected chi connectivity index (χ4v) is 2.49. The minimum absolute atomic E-state index is 0.0191. The summed E-state index contributed by atoms with van der Waals surface area (Å²) in [6, 6.07) is 11.4. The molecule has 110 valence electrons. The third-order valence-corrected chi connectivity index (χ3v) is 3.66. The van der Waals surface area contributed by atoms with Crippen LogP contribution in [0.15, 0.2) is 42.6 Å². The summed E-state index contributed by atoms with van der Waals surface area (Å²) < 4.78 is 0. The lowest BCUT2D eigenvalue weighted by molar-refractivity contribution is 0.0932. The van der Waals surface area contributed by atoms with Gasteiger partial charge >= 0.3 is 0 Å². The van der Waals surface area contributed by atoms with Crippen LogP contribution in [-0.2, 0) is 0 Å². The number of nitrogens with zero attached hydrogens (tertiary/aromatic N) is 4. The zero-order valence-electron chi connectivity index (χ0n) is 11.9. The van der Waals surface area contributed by atoms with Gasteiger partial charge in [-0.1, -0.05) is 30.3 Å². The van der Waals surface area contributed by atoms with Gasteiger partial charge in [-0.15, -0.1) is 5.10 Å². The Balaban J connectivity index is 1.73. The van der Waals surface area contributed by atoms with Crippen LogP contribution in [0, 0.1) is 11.5 Å². The normalized spacial score (nSPS) is 17.0. The van der Waals surface area contributed by atoms with Gasteiger partial charge in [-0.2, -0.15) is 10.4 Å². The summed E-state index contributed by atoms with van der Waals surface area (Å²) in [4.78, 5) is 13.9. The molecule has 0 aliphatic carbocycles. The second kappa shape index (κ2) is 6.22. The molecule has 6 heteroatoms. The molecule has 1 N–H and O–H groups in total. The van der Waals surface area contributed by atoms with Crippen molar-refractivity contribution in [2.75, 3.05) is 13.1 Å². The molecule has 1 fully saturated rings. The van der Waals surface area contributed by atoms with E-state index < -0.39 is 0 Å². The van der Waals surface area contributed by atoms with Gasteiger partial charge in [0.05, 0.1) is 6.20 Å². The number of benzene rings is 1. The Hall–Kier alpha value is -2.94. The van der Waals surface area contributed by atoms with Crippen LogP contribution in [0.25, 0.3) is 11.1 Å². The minimum Gasteiger partial charge on any atom is -0.346 e. The Morgan fingerprint density at radius 2 is 2.14 bits per heavy atom. The van der Waals surface area contributed by atoms with Gasteiger partial charge < -0.3 is 10.2 Å². The van der Waals surface area contributed by atoms with Crippen LogP contribution in [0.2, 0.25) is 0 Å². The standard InChI is InChI=1S/C16H15N5O/c17-11-21-7-6-14(10-21)19-16(22)15-8-13(9-18-20-15)12-4-2-1-3-5-12/h1-5,8-9,14H,6-7,10H2,(H,19,22)/t14-/m1/s1. The number of carbonyl (C=O) groups is 1. The number of likely N-dealkylation sites (tertiary alicyclic amines) is 1. The van der Waals surface area contributed by atoms with Gasteiger partial charge in [0.25, 0.3) is 5.91 Å². The van der Waals surface area contributed by atoms with Gasteiger partial charge in [-0.05, 0) is 18.1 Å². The Morgan fingerprint density at radius 3 is 2.86 bits per heavy atom. The molecule has 1 aromatic carbocycles. The number of nitriles is 1. The SMILES string of the molecule is N#CN1CC[C@@H](NC(=O)c2cc(-c3ccccc3)cnn2)C1. The van der Waals surface area contributed by atoms with Crippen LogP contribution >= 0.6 is 0 Å². The fourth-order valence-electron chi connectivity index (χ4n) is 2.49. The van der Waals surface area contributed by atoms with E-state index in [1.807, 2.05) is 30.3 Å². The largest absolute Gasteiger partial charge is 0.346 e. The monoisotopic (exact) mass is 293 g/mol. The molecule has 0 bridgehead atoms. The molecule has 0 unspecified atom stereocenters. The van der Waals surface area contributed by atoms with Gasteiger partial charge in [-0.25, -0.2) is 0 Å². The van der Waals surface area contributed by atoms with Crippen molar-refractivity contribution < 1.29 is 4.79 Å². The third kappa shape index (κ3) is 3.04. The highest BCUT2D eigenvalue weighted by atomic mass is 16.2. The summed E-state index contributed by atoms with van der Waals surface area (Å²) in [5.74, 6) is -0.255.